The van der Waals surface area contributed by atoms with Gasteiger partial charge in [-0.2, -0.15) is 0 Å². The average Bonchev–Trinajstić information content (AvgIpc) is 2.28. The van der Waals surface area contributed by atoms with Gasteiger partial charge in [-0.25, -0.2) is 0 Å². The fraction of sp³-hybridized carbons (Fsp3) is 0.556. The number of nitrogens with zero attached hydrogens (tertiary/aromatic N) is 1. The summed E-state index contributed by atoms with van der Waals surface area (Å²) in [7, 11) is 2.14. The summed E-state index contributed by atoms with van der Waals surface area (Å²) < 4.78 is 0.760. The first-order chi connectivity index (χ1) is 6.18. The Morgan fingerprint density at radius 3 is 2.69 bits per heavy atom. The van der Waals surface area contributed by atoms with Gasteiger partial charge in [0.05, 0.1) is 5.02 Å². The Balaban J connectivity index is 2.34. The first-order valence-corrected chi connectivity index (χ1v) is 5.90. The minimum Gasteiger partial charge on any atom is -0.306 e. The van der Waals surface area contributed by atoms with E-state index < -0.39 is 0 Å². The SMILES string of the molecule is CN1CCc2sc(Cl)c(Cl)c2CC1. The molecule has 1 aliphatic heterocycles. The van der Waals surface area contributed by atoms with Crippen LogP contribution in [0.15, 0.2) is 0 Å². The Bertz CT molecular complexity index is 322. The lowest BCUT2D eigenvalue weighted by molar-refractivity contribution is 0.352. The van der Waals surface area contributed by atoms with Crippen LogP contribution in [0.3, 0.4) is 0 Å². The molecule has 0 spiro atoms. The molecule has 0 aliphatic carbocycles. The third-order valence-corrected chi connectivity index (χ3v) is 4.58. The maximum absolute atomic E-state index is 6.11. The smallest absolute Gasteiger partial charge is 0.112 e. The van der Waals surface area contributed by atoms with E-state index in [-0.39, 0.29) is 0 Å². The van der Waals surface area contributed by atoms with Crippen LogP contribution in [0.1, 0.15) is 10.4 Å². The second-order valence-corrected chi connectivity index (χ2v) is 5.48. The van der Waals surface area contributed by atoms with Crippen molar-refractivity contribution in [1.82, 2.24) is 4.90 Å². The van der Waals surface area contributed by atoms with Crippen molar-refractivity contribution in [2.24, 2.45) is 0 Å². The normalized spacial score (nSPS) is 18.4. The molecule has 0 radical (unpaired) electrons. The molecule has 0 aromatic carbocycles. The first-order valence-electron chi connectivity index (χ1n) is 4.32. The maximum atomic E-state index is 6.11. The van der Waals surface area contributed by atoms with Crippen molar-refractivity contribution in [3.63, 3.8) is 0 Å². The summed E-state index contributed by atoms with van der Waals surface area (Å²) in [5.74, 6) is 0. The molecule has 0 saturated heterocycles. The summed E-state index contributed by atoms with van der Waals surface area (Å²) in [6.07, 6.45) is 2.12. The molecule has 1 aromatic rings. The Kier molecular flexibility index (Phi) is 2.84. The molecule has 0 atom stereocenters. The van der Waals surface area contributed by atoms with Crippen LogP contribution in [0.5, 0.6) is 0 Å². The van der Waals surface area contributed by atoms with Gasteiger partial charge in [-0.3, -0.25) is 0 Å². The van der Waals surface area contributed by atoms with Crippen LogP contribution in [-0.4, -0.2) is 25.0 Å². The third kappa shape index (κ3) is 1.86. The molecule has 0 bridgehead atoms. The highest BCUT2D eigenvalue weighted by Gasteiger charge is 2.18. The molecule has 0 N–H and O–H groups in total. The van der Waals surface area contributed by atoms with Crippen molar-refractivity contribution in [2.45, 2.75) is 12.8 Å². The Morgan fingerprint density at radius 2 is 1.92 bits per heavy atom. The molecule has 1 aliphatic rings. The zero-order valence-electron chi connectivity index (χ0n) is 7.44. The summed E-state index contributed by atoms with van der Waals surface area (Å²) in [6.45, 7) is 2.19. The highest BCUT2D eigenvalue weighted by Crippen LogP contribution is 2.38. The molecule has 0 fully saturated rings. The summed E-state index contributed by atoms with van der Waals surface area (Å²) in [4.78, 5) is 3.70. The van der Waals surface area contributed by atoms with Crippen LogP contribution in [0.4, 0.5) is 0 Å². The second-order valence-electron chi connectivity index (χ2n) is 3.39. The fourth-order valence-electron chi connectivity index (χ4n) is 1.61. The van der Waals surface area contributed by atoms with Crippen LogP contribution in [-0.2, 0) is 12.8 Å². The molecular weight excluding hydrogens is 225 g/mol. The predicted molar refractivity (Wildman–Crippen MR) is 59.2 cm³/mol. The van der Waals surface area contributed by atoms with Crippen molar-refractivity contribution >= 4 is 34.5 Å². The number of hydrogen-bond acceptors (Lipinski definition) is 2. The van der Waals surface area contributed by atoms with Crippen LogP contribution < -0.4 is 0 Å². The molecular formula is C9H11Cl2NS. The summed E-state index contributed by atoms with van der Waals surface area (Å²) >= 11 is 13.7. The number of rotatable bonds is 0. The predicted octanol–water partition coefficient (Wildman–Crippen LogP) is 3.09. The first kappa shape index (κ1) is 9.78. The van der Waals surface area contributed by atoms with E-state index in [0.717, 1.165) is 35.3 Å². The minimum atomic E-state index is 0.760. The van der Waals surface area contributed by atoms with Crippen molar-refractivity contribution in [3.8, 4) is 0 Å². The lowest BCUT2D eigenvalue weighted by Crippen LogP contribution is -2.20. The second kappa shape index (κ2) is 3.77. The molecule has 72 valence electrons. The van der Waals surface area contributed by atoms with Gasteiger partial charge in [0.25, 0.3) is 0 Å². The van der Waals surface area contributed by atoms with Crippen molar-refractivity contribution in [3.05, 3.63) is 19.8 Å². The molecule has 1 aromatic heterocycles. The molecule has 0 unspecified atom stereocenters. The number of likely N-dealkylation sites (N-methyl/N-ethyl adjacent to an activating group) is 1. The number of fused-ring (bicyclic) bond motifs is 1. The van der Waals surface area contributed by atoms with Gasteiger partial charge in [0.2, 0.25) is 0 Å². The van der Waals surface area contributed by atoms with Gasteiger partial charge in [-0.05, 0) is 25.5 Å². The van der Waals surface area contributed by atoms with Gasteiger partial charge in [0.1, 0.15) is 4.34 Å². The highest BCUT2D eigenvalue weighted by molar-refractivity contribution is 7.17. The van der Waals surface area contributed by atoms with E-state index in [1.54, 1.807) is 11.3 Å². The quantitative estimate of drug-likeness (QED) is 0.669. The van der Waals surface area contributed by atoms with E-state index in [9.17, 15) is 0 Å². The summed E-state index contributed by atoms with van der Waals surface area (Å²) in [6, 6.07) is 0. The molecule has 13 heavy (non-hydrogen) atoms. The van der Waals surface area contributed by atoms with Gasteiger partial charge < -0.3 is 4.90 Å². The van der Waals surface area contributed by atoms with Gasteiger partial charge in [-0.1, -0.05) is 23.2 Å². The number of hydrogen-bond donors (Lipinski definition) is 0. The zero-order chi connectivity index (χ0) is 9.42. The lowest BCUT2D eigenvalue weighted by atomic mass is 10.2. The van der Waals surface area contributed by atoms with Crippen molar-refractivity contribution in [1.29, 1.82) is 0 Å². The van der Waals surface area contributed by atoms with E-state index in [1.807, 2.05) is 0 Å². The minimum absolute atomic E-state index is 0.760. The summed E-state index contributed by atoms with van der Waals surface area (Å²) in [5.41, 5.74) is 1.28. The Labute approximate surface area is 92.3 Å². The standard InChI is InChI=1S/C9H11Cl2NS/c1-12-4-2-6-7(3-5-12)13-9(11)8(6)10/h2-5H2,1H3. The van der Waals surface area contributed by atoms with Gasteiger partial charge in [0, 0.05) is 18.0 Å². The zero-order valence-corrected chi connectivity index (χ0v) is 9.77. The van der Waals surface area contributed by atoms with Crippen LogP contribution >= 0.6 is 34.5 Å². The van der Waals surface area contributed by atoms with E-state index in [0.29, 0.717) is 0 Å². The molecule has 0 saturated carbocycles. The van der Waals surface area contributed by atoms with Crippen LogP contribution in [0.25, 0.3) is 0 Å². The molecule has 4 heteroatoms. The fourth-order valence-corrected chi connectivity index (χ4v) is 3.34. The molecule has 2 rings (SSSR count). The number of halogens is 2. The Morgan fingerprint density at radius 1 is 1.23 bits per heavy atom. The largest absolute Gasteiger partial charge is 0.306 e. The molecule has 0 amide bonds. The average molecular weight is 236 g/mol. The monoisotopic (exact) mass is 235 g/mol. The van der Waals surface area contributed by atoms with Gasteiger partial charge in [0.15, 0.2) is 0 Å². The third-order valence-electron chi connectivity index (χ3n) is 2.45. The topological polar surface area (TPSA) is 3.24 Å². The highest BCUT2D eigenvalue weighted by atomic mass is 35.5. The van der Waals surface area contributed by atoms with E-state index in [4.69, 9.17) is 23.2 Å². The van der Waals surface area contributed by atoms with Crippen LogP contribution in [0, 0.1) is 0 Å². The maximum Gasteiger partial charge on any atom is 0.112 e. The van der Waals surface area contributed by atoms with E-state index in [1.165, 1.54) is 10.4 Å². The van der Waals surface area contributed by atoms with Crippen molar-refractivity contribution < 1.29 is 0 Å². The molecule has 1 nitrogen and oxygen atoms in total. The lowest BCUT2D eigenvalue weighted by Gasteiger charge is -2.11. The molecule has 2 heterocycles. The van der Waals surface area contributed by atoms with E-state index >= 15 is 0 Å². The Hall–Kier alpha value is 0.240. The number of thiophene rings is 1. The van der Waals surface area contributed by atoms with Gasteiger partial charge in [-0.15, -0.1) is 11.3 Å². The van der Waals surface area contributed by atoms with E-state index in [2.05, 4.69) is 11.9 Å². The van der Waals surface area contributed by atoms with Crippen LogP contribution in [0.2, 0.25) is 9.36 Å². The van der Waals surface area contributed by atoms with Crippen molar-refractivity contribution in [2.75, 3.05) is 20.1 Å². The summed E-state index contributed by atoms with van der Waals surface area (Å²) in [5, 5.41) is 0.789. The van der Waals surface area contributed by atoms with Gasteiger partial charge >= 0.3 is 0 Å².